The normalized spacial score (nSPS) is 16.9. The smallest absolute Gasteiger partial charge is 0.243 e. The monoisotopic (exact) mass is 480 g/mol. The molecule has 3 aromatic carbocycles. The van der Waals surface area contributed by atoms with E-state index in [-0.39, 0.29) is 4.90 Å². The lowest BCUT2D eigenvalue weighted by Gasteiger charge is -2.35. The van der Waals surface area contributed by atoms with Crippen molar-refractivity contribution in [2.24, 2.45) is 0 Å². The maximum atomic E-state index is 13.6. The van der Waals surface area contributed by atoms with E-state index in [1.54, 1.807) is 46.8 Å². The van der Waals surface area contributed by atoms with E-state index in [2.05, 4.69) is 4.98 Å². The summed E-state index contributed by atoms with van der Waals surface area (Å²) in [7, 11) is 2.31. The van der Waals surface area contributed by atoms with Crippen molar-refractivity contribution in [3.63, 3.8) is 0 Å². The summed E-state index contributed by atoms with van der Waals surface area (Å²) in [4.78, 5) is 3.74. The lowest BCUT2D eigenvalue weighted by Crippen LogP contribution is -2.41. The van der Waals surface area contributed by atoms with Crippen LogP contribution in [0.3, 0.4) is 0 Å². The van der Waals surface area contributed by atoms with Crippen LogP contribution >= 0.6 is 23.2 Å². The highest BCUT2D eigenvalue weighted by Gasteiger charge is 2.38. The average Bonchev–Trinajstić information content (AvgIpc) is 3.14. The maximum absolute atomic E-state index is 13.6. The van der Waals surface area contributed by atoms with Gasteiger partial charge in [-0.2, -0.15) is 4.31 Å². The minimum atomic E-state index is -3.72. The minimum Gasteiger partial charge on any atom is -0.357 e. The predicted octanol–water partition coefficient (Wildman–Crippen LogP) is 4.80. The van der Waals surface area contributed by atoms with Crippen LogP contribution in [0.15, 0.2) is 71.6 Å². The zero-order valence-electron chi connectivity index (χ0n) is 17.1. The summed E-state index contributed by atoms with van der Waals surface area (Å²) in [6, 6.07) is 19.1. The predicted molar refractivity (Wildman–Crippen MR) is 131 cm³/mol. The first-order valence-corrected chi connectivity index (χ1v) is 12.4. The lowest BCUT2D eigenvalue weighted by atomic mass is 9.91. The Labute approximate surface area is 198 Å². The van der Waals surface area contributed by atoms with Gasteiger partial charge in [-0.1, -0.05) is 65.1 Å². The molecule has 1 aliphatic rings. The molecule has 1 aromatic heterocycles. The lowest BCUT2D eigenvalue weighted by molar-refractivity contribution is 0.302. The molecule has 1 atom stereocenters. The zero-order chi connectivity index (χ0) is 22.5. The van der Waals surface area contributed by atoms with Gasteiger partial charge in [0.25, 0.3) is 0 Å². The third kappa shape index (κ3) is 3.75. The summed E-state index contributed by atoms with van der Waals surface area (Å²) in [5.74, 6) is 0. The van der Waals surface area contributed by atoms with Gasteiger partial charge in [0.05, 0.1) is 10.9 Å². The number of benzene rings is 3. The van der Waals surface area contributed by atoms with Crippen molar-refractivity contribution in [2.45, 2.75) is 23.8 Å². The van der Waals surface area contributed by atoms with Crippen molar-refractivity contribution in [1.29, 1.82) is 0 Å². The Bertz CT molecular complexity index is 1420. The molecule has 0 saturated heterocycles. The number of rotatable bonds is 4. The van der Waals surface area contributed by atoms with Crippen molar-refractivity contribution in [3.8, 4) is 0 Å². The SMILES string of the molecule is [B]c1ccc2[nH]c3c(c2c1)CCN(S(=O)(=O)c1ccccc1)C3Cc1ccc(Cl)cc1Cl. The van der Waals surface area contributed by atoms with Gasteiger partial charge >= 0.3 is 0 Å². The second kappa shape index (κ2) is 8.27. The van der Waals surface area contributed by atoms with Gasteiger partial charge in [-0.15, -0.1) is 0 Å². The first-order valence-electron chi connectivity index (χ1n) is 10.3. The summed E-state index contributed by atoms with van der Waals surface area (Å²) in [5.41, 5.74) is 4.43. The molecule has 0 bridgehead atoms. The number of halogens is 2. The fourth-order valence-corrected chi connectivity index (χ4v) is 6.58. The average molecular weight is 481 g/mol. The van der Waals surface area contributed by atoms with Gasteiger partial charge in [0.2, 0.25) is 10.0 Å². The number of hydrogen-bond donors (Lipinski definition) is 1. The van der Waals surface area contributed by atoms with E-state index >= 15 is 0 Å². The molecule has 0 spiro atoms. The number of sulfonamides is 1. The molecule has 0 amide bonds. The van der Waals surface area contributed by atoms with Crippen LogP contribution in [0.5, 0.6) is 0 Å². The zero-order valence-corrected chi connectivity index (χ0v) is 19.4. The maximum Gasteiger partial charge on any atom is 0.243 e. The Balaban J connectivity index is 1.66. The van der Waals surface area contributed by atoms with Gasteiger partial charge in [-0.3, -0.25) is 0 Å². The molecule has 4 nitrogen and oxygen atoms in total. The number of hydrogen-bond acceptors (Lipinski definition) is 2. The number of fused-ring (bicyclic) bond motifs is 3. The molecule has 160 valence electrons. The fourth-order valence-electron chi connectivity index (χ4n) is 4.48. The quantitative estimate of drug-likeness (QED) is 0.426. The van der Waals surface area contributed by atoms with Gasteiger partial charge in [-0.25, -0.2) is 8.42 Å². The molecule has 5 rings (SSSR count). The van der Waals surface area contributed by atoms with Crippen molar-refractivity contribution in [2.75, 3.05) is 6.54 Å². The van der Waals surface area contributed by atoms with E-state index in [1.165, 1.54) is 0 Å². The summed E-state index contributed by atoms with van der Waals surface area (Å²) in [5, 5.41) is 2.09. The number of nitrogens with zero attached hydrogens (tertiary/aromatic N) is 1. The molecule has 32 heavy (non-hydrogen) atoms. The first-order chi connectivity index (χ1) is 15.3. The van der Waals surface area contributed by atoms with Crippen LogP contribution in [0, 0.1) is 0 Å². The molecule has 1 aliphatic heterocycles. The molecule has 0 saturated carbocycles. The van der Waals surface area contributed by atoms with Crippen LogP contribution in [0.1, 0.15) is 22.9 Å². The Hall–Kier alpha value is -2.25. The van der Waals surface area contributed by atoms with Crippen molar-refractivity contribution < 1.29 is 8.42 Å². The fraction of sp³-hybridized carbons (Fsp3) is 0.167. The van der Waals surface area contributed by atoms with E-state index in [9.17, 15) is 8.42 Å². The van der Waals surface area contributed by atoms with Gasteiger partial charge in [0, 0.05) is 33.2 Å². The molecule has 2 radical (unpaired) electrons. The third-order valence-corrected chi connectivity index (χ3v) is 8.51. The van der Waals surface area contributed by atoms with Gasteiger partial charge in [0.15, 0.2) is 0 Å². The van der Waals surface area contributed by atoms with Crippen LogP contribution in [-0.2, 0) is 22.9 Å². The van der Waals surface area contributed by atoms with E-state index in [4.69, 9.17) is 31.0 Å². The second-order valence-electron chi connectivity index (χ2n) is 7.96. The first kappa shape index (κ1) is 21.6. The number of H-pyrrole nitrogens is 1. The largest absolute Gasteiger partial charge is 0.357 e. The van der Waals surface area contributed by atoms with E-state index in [1.807, 2.05) is 24.3 Å². The summed E-state index contributed by atoms with van der Waals surface area (Å²) < 4.78 is 28.9. The van der Waals surface area contributed by atoms with Crippen LogP contribution in [0.2, 0.25) is 10.0 Å². The van der Waals surface area contributed by atoms with Crippen molar-refractivity contribution in [1.82, 2.24) is 9.29 Å². The second-order valence-corrected chi connectivity index (χ2v) is 10.7. The topological polar surface area (TPSA) is 53.2 Å². The number of aromatic nitrogens is 1. The molecular weight excluding hydrogens is 462 g/mol. The van der Waals surface area contributed by atoms with Gasteiger partial charge in [-0.05, 0) is 54.3 Å². The Morgan fingerprint density at radius 3 is 2.56 bits per heavy atom. The van der Waals surface area contributed by atoms with Gasteiger partial charge in [0.1, 0.15) is 7.85 Å². The third-order valence-electron chi connectivity index (χ3n) is 6.00. The van der Waals surface area contributed by atoms with Crippen molar-refractivity contribution >= 4 is 57.4 Å². The summed E-state index contributed by atoms with van der Waals surface area (Å²) in [6.45, 7) is 0.363. The molecule has 1 N–H and O–H groups in total. The molecule has 0 fully saturated rings. The van der Waals surface area contributed by atoms with E-state index in [0.29, 0.717) is 34.9 Å². The standard InChI is InChI=1S/C24H19BCl2N2O2S/c25-16-7-9-22-20(13-16)19-10-11-29(32(30,31)18-4-2-1-3-5-18)23(24(19)28-22)12-15-6-8-17(26)14-21(15)27/h1-9,13-14,23,28H,10-12H2. The Morgan fingerprint density at radius 1 is 1.03 bits per heavy atom. The van der Waals surface area contributed by atoms with Crippen LogP contribution in [0.4, 0.5) is 0 Å². The highest BCUT2D eigenvalue weighted by Crippen LogP contribution is 2.40. The van der Waals surface area contributed by atoms with Crippen LogP contribution in [-0.4, -0.2) is 32.1 Å². The number of aromatic amines is 1. The molecule has 1 unspecified atom stereocenters. The molecular formula is C24H19BCl2N2O2S. The molecule has 4 aromatic rings. The highest BCUT2D eigenvalue weighted by molar-refractivity contribution is 7.89. The Kier molecular flexibility index (Phi) is 5.58. The Morgan fingerprint density at radius 2 is 1.81 bits per heavy atom. The van der Waals surface area contributed by atoms with Crippen LogP contribution in [0.25, 0.3) is 10.9 Å². The van der Waals surface area contributed by atoms with Gasteiger partial charge < -0.3 is 4.98 Å². The van der Waals surface area contributed by atoms with Crippen molar-refractivity contribution in [3.05, 3.63) is 93.6 Å². The number of nitrogens with one attached hydrogen (secondary N) is 1. The molecule has 2 heterocycles. The molecule has 8 heteroatoms. The van der Waals surface area contributed by atoms with E-state index < -0.39 is 16.1 Å². The highest BCUT2D eigenvalue weighted by atomic mass is 35.5. The minimum absolute atomic E-state index is 0.274. The van der Waals surface area contributed by atoms with Crippen LogP contribution < -0.4 is 5.46 Å². The summed E-state index contributed by atoms with van der Waals surface area (Å²) >= 11 is 12.6. The molecule has 0 aliphatic carbocycles. The van der Waals surface area contributed by atoms with E-state index in [0.717, 1.165) is 27.7 Å². The summed E-state index contributed by atoms with van der Waals surface area (Å²) in [6.07, 6.45) is 1.01.